The van der Waals surface area contributed by atoms with Gasteiger partial charge in [0.25, 0.3) is 5.91 Å². The monoisotopic (exact) mass is 387 g/mol. The number of phenolic OH excluding ortho intramolecular Hbond substituents is 1. The topological polar surface area (TPSA) is 123 Å². The maximum atomic E-state index is 12.1. The largest absolute Gasteiger partial charge is 0.500 e. The van der Waals surface area contributed by atoms with Gasteiger partial charge in [-0.1, -0.05) is 6.92 Å². The van der Waals surface area contributed by atoms with Crippen molar-refractivity contribution in [2.75, 3.05) is 13.2 Å². The third-order valence-corrected chi connectivity index (χ3v) is 3.54. The van der Waals surface area contributed by atoms with Crippen molar-refractivity contribution in [1.82, 2.24) is 5.43 Å². The van der Waals surface area contributed by atoms with Gasteiger partial charge < -0.3 is 14.6 Å². The van der Waals surface area contributed by atoms with Gasteiger partial charge >= 0.3 is 5.69 Å². The molecule has 2 aromatic carbocycles. The Balaban J connectivity index is 2.09. The Morgan fingerprint density at radius 1 is 1.25 bits per heavy atom. The first-order valence-electron chi connectivity index (χ1n) is 8.66. The van der Waals surface area contributed by atoms with E-state index in [1.54, 1.807) is 31.2 Å². The molecule has 9 nitrogen and oxygen atoms in total. The van der Waals surface area contributed by atoms with Crippen LogP contribution < -0.4 is 14.9 Å². The van der Waals surface area contributed by atoms with Crippen LogP contribution in [0, 0.1) is 10.1 Å². The van der Waals surface area contributed by atoms with E-state index in [-0.39, 0.29) is 17.9 Å². The summed E-state index contributed by atoms with van der Waals surface area (Å²) in [7, 11) is 0. The summed E-state index contributed by atoms with van der Waals surface area (Å²) in [6, 6.07) is 9.11. The van der Waals surface area contributed by atoms with Crippen LogP contribution in [0.3, 0.4) is 0 Å². The van der Waals surface area contributed by atoms with E-state index in [1.165, 1.54) is 12.3 Å². The minimum atomic E-state index is -0.726. The van der Waals surface area contributed by atoms with Crippen molar-refractivity contribution in [3.05, 3.63) is 57.6 Å². The summed E-state index contributed by atoms with van der Waals surface area (Å²) in [6.45, 7) is 4.50. The molecule has 0 bridgehead atoms. The van der Waals surface area contributed by atoms with Crippen LogP contribution in [0.2, 0.25) is 0 Å². The highest BCUT2D eigenvalue weighted by Gasteiger charge is 2.19. The maximum absolute atomic E-state index is 12.1. The molecule has 2 aromatic rings. The number of nitrogens with zero attached hydrogens (tertiary/aromatic N) is 2. The van der Waals surface area contributed by atoms with E-state index in [0.717, 1.165) is 12.5 Å². The molecule has 28 heavy (non-hydrogen) atoms. The molecule has 0 aromatic heterocycles. The molecule has 0 aliphatic rings. The van der Waals surface area contributed by atoms with Gasteiger partial charge in [-0.15, -0.1) is 0 Å². The quantitative estimate of drug-likeness (QED) is 0.387. The Morgan fingerprint density at radius 3 is 2.57 bits per heavy atom. The van der Waals surface area contributed by atoms with E-state index >= 15 is 0 Å². The van der Waals surface area contributed by atoms with Gasteiger partial charge in [0.05, 0.1) is 24.4 Å². The molecule has 0 spiro atoms. The molecule has 0 fully saturated rings. The number of hydrogen-bond donors (Lipinski definition) is 2. The second kappa shape index (κ2) is 9.91. The first-order valence-corrected chi connectivity index (χ1v) is 8.66. The maximum Gasteiger partial charge on any atom is 0.315 e. The highest BCUT2D eigenvalue weighted by atomic mass is 16.6. The van der Waals surface area contributed by atoms with Crippen LogP contribution in [0.5, 0.6) is 17.2 Å². The molecule has 0 aliphatic heterocycles. The fraction of sp³-hybridized carbons (Fsp3) is 0.263. The molecule has 0 unspecified atom stereocenters. The van der Waals surface area contributed by atoms with E-state index in [2.05, 4.69) is 10.5 Å². The van der Waals surface area contributed by atoms with Crippen molar-refractivity contribution in [3.63, 3.8) is 0 Å². The molecule has 9 heteroatoms. The fourth-order valence-corrected chi connectivity index (χ4v) is 2.25. The lowest BCUT2D eigenvalue weighted by Gasteiger charge is -2.07. The lowest BCUT2D eigenvalue weighted by atomic mass is 10.2. The number of hydrazone groups is 1. The molecular formula is C19H21N3O6. The van der Waals surface area contributed by atoms with E-state index < -0.39 is 22.3 Å². The first-order chi connectivity index (χ1) is 13.5. The van der Waals surface area contributed by atoms with Crippen molar-refractivity contribution in [2.45, 2.75) is 20.3 Å². The number of nitro groups is 1. The third-order valence-electron chi connectivity index (χ3n) is 3.54. The highest BCUT2D eigenvalue weighted by Crippen LogP contribution is 2.36. The molecule has 0 aliphatic carbocycles. The second-order valence-corrected chi connectivity index (χ2v) is 5.65. The number of aromatic hydroxyl groups is 1. The van der Waals surface area contributed by atoms with Crippen LogP contribution in [-0.2, 0) is 0 Å². The minimum Gasteiger partial charge on any atom is -0.500 e. The zero-order valence-electron chi connectivity index (χ0n) is 15.5. The normalized spacial score (nSPS) is 10.6. The molecular weight excluding hydrogens is 366 g/mol. The van der Waals surface area contributed by atoms with Gasteiger partial charge in [-0.2, -0.15) is 5.10 Å². The number of ether oxygens (including phenoxy) is 2. The number of hydrogen-bond acceptors (Lipinski definition) is 7. The minimum absolute atomic E-state index is 0.0351. The van der Waals surface area contributed by atoms with Gasteiger partial charge in [0, 0.05) is 17.2 Å². The molecule has 1 amide bonds. The molecule has 0 radical (unpaired) electrons. The summed E-state index contributed by atoms with van der Waals surface area (Å²) in [5.41, 5.74) is 2.50. The number of carbonyl (C=O) groups is 1. The number of carbonyl (C=O) groups excluding carboxylic acids is 1. The Hall–Kier alpha value is -3.62. The lowest BCUT2D eigenvalue weighted by Crippen LogP contribution is -2.17. The van der Waals surface area contributed by atoms with Gasteiger partial charge in [0.1, 0.15) is 5.75 Å². The Kier molecular flexibility index (Phi) is 7.32. The van der Waals surface area contributed by atoms with Crippen molar-refractivity contribution < 1.29 is 24.3 Å². The van der Waals surface area contributed by atoms with Crippen LogP contribution in [0.1, 0.15) is 36.2 Å². The fourth-order valence-electron chi connectivity index (χ4n) is 2.25. The molecule has 0 heterocycles. The second-order valence-electron chi connectivity index (χ2n) is 5.65. The average Bonchev–Trinajstić information content (AvgIpc) is 2.68. The zero-order chi connectivity index (χ0) is 20.5. The lowest BCUT2D eigenvalue weighted by molar-refractivity contribution is -0.386. The predicted molar refractivity (Wildman–Crippen MR) is 103 cm³/mol. The van der Waals surface area contributed by atoms with E-state index in [9.17, 15) is 20.0 Å². The summed E-state index contributed by atoms with van der Waals surface area (Å²) in [4.78, 5) is 22.5. The van der Waals surface area contributed by atoms with Gasteiger partial charge in [0.15, 0.2) is 5.75 Å². The summed E-state index contributed by atoms with van der Waals surface area (Å²) in [5, 5.41) is 24.7. The number of phenols is 1. The number of benzene rings is 2. The van der Waals surface area contributed by atoms with Crippen LogP contribution in [0.15, 0.2) is 41.5 Å². The third kappa shape index (κ3) is 5.44. The van der Waals surface area contributed by atoms with Crippen LogP contribution in [-0.4, -0.2) is 35.4 Å². The zero-order valence-corrected chi connectivity index (χ0v) is 15.5. The van der Waals surface area contributed by atoms with E-state index in [1.807, 2.05) is 6.92 Å². The molecule has 2 N–H and O–H groups in total. The van der Waals surface area contributed by atoms with Crippen molar-refractivity contribution >= 4 is 17.8 Å². The summed E-state index contributed by atoms with van der Waals surface area (Å²) < 4.78 is 10.6. The van der Waals surface area contributed by atoms with Gasteiger partial charge in [-0.25, -0.2) is 5.43 Å². The van der Waals surface area contributed by atoms with Gasteiger partial charge in [-0.05, 0) is 43.7 Å². The number of amides is 1. The number of rotatable bonds is 9. The summed E-state index contributed by atoms with van der Waals surface area (Å²) >= 11 is 0. The van der Waals surface area contributed by atoms with Crippen molar-refractivity contribution in [2.24, 2.45) is 5.10 Å². The SMILES string of the molecule is CCCOc1ccc(C(=O)N/N=C\c2cc(OCC)c(O)c([N+](=O)[O-])c2)cc1. The van der Waals surface area contributed by atoms with Gasteiger partial charge in [-0.3, -0.25) is 14.9 Å². The van der Waals surface area contributed by atoms with Crippen molar-refractivity contribution in [3.8, 4) is 17.2 Å². The molecule has 2 rings (SSSR count). The molecule has 0 atom stereocenters. The highest BCUT2D eigenvalue weighted by molar-refractivity contribution is 5.95. The Morgan fingerprint density at radius 2 is 1.96 bits per heavy atom. The van der Waals surface area contributed by atoms with Crippen molar-refractivity contribution in [1.29, 1.82) is 0 Å². The summed E-state index contributed by atoms with van der Waals surface area (Å²) in [5.74, 6) is -0.371. The van der Waals surface area contributed by atoms with Crippen LogP contribution >= 0.6 is 0 Å². The molecule has 0 saturated carbocycles. The molecule has 0 saturated heterocycles. The smallest absolute Gasteiger partial charge is 0.315 e. The van der Waals surface area contributed by atoms with E-state index in [0.29, 0.717) is 17.9 Å². The van der Waals surface area contributed by atoms with Gasteiger partial charge in [0.2, 0.25) is 5.75 Å². The summed E-state index contributed by atoms with van der Waals surface area (Å²) in [6.07, 6.45) is 2.11. The average molecular weight is 387 g/mol. The standard InChI is InChI=1S/C19H21N3O6/c1-3-9-28-15-7-5-14(6-8-15)19(24)21-20-12-13-10-16(22(25)26)18(23)17(11-13)27-4-2/h5-8,10-12,23H,3-4,9H2,1-2H3,(H,21,24)/b20-12-. The molecule has 148 valence electrons. The Bertz CT molecular complexity index is 865. The number of nitrogens with one attached hydrogen (secondary N) is 1. The first kappa shape index (κ1) is 20.7. The van der Waals surface area contributed by atoms with Crippen LogP contribution in [0.25, 0.3) is 0 Å². The Labute approximate surface area is 161 Å². The van der Waals surface area contributed by atoms with Crippen LogP contribution in [0.4, 0.5) is 5.69 Å². The number of nitro benzene ring substituents is 1. The predicted octanol–water partition coefficient (Wildman–Crippen LogP) is 3.25. The van der Waals surface area contributed by atoms with E-state index in [4.69, 9.17) is 9.47 Å².